The van der Waals surface area contributed by atoms with Gasteiger partial charge in [-0.1, -0.05) is 279 Å². The molecule has 0 N–H and O–H groups in total. The summed E-state index contributed by atoms with van der Waals surface area (Å²) in [5, 5.41) is 7.81. The van der Waals surface area contributed by atoms with Crippen LogP contribution in [-0.2, 0) is 113 Å². The second-order valence-electron chi connectivity index (χ2n) is 38.9. The van der Waals surface area contributed by atoms with Crippen LogP contribution >= 0.6 is 0 Å². The molecule has 0 amide bonds. The maximum atomic E-state index is 4.90. The van der Waals surface area contributed by atoms with Crippen molar-refractivity contribution < 1.29 is 101 Å². The molecule has 0 saturated carbocycles. The zero-order valence-electron chi connectivity index (χ0n) is 82.6. The quantitative estimate of drug-likeness (QED) is 0.0618. The Balaban J connectivity index is 0.000000167. The van der Waals surface area contributed by atoms with Gasteiger partial charge < -0.3 is 39.9 Å². The Kier molecular flexibility index (Phi) is 45.2. The number of hydrogen-bond donors (Lipinski definition) is 0. The third-order valence-corrected chi connectivity index (χ3v) is 50.9. The molecule has 0 atom stereocenters. The molecule has 5 aliphatic rings. The molecule has 0 unspecified atom stereocenters. The molecule has 731 valence electrons. The van der Waals surface area contributed by atoms with Gasteiger partial charge >= 0.3 is 0 Å². The summed E-state index contributed by atoms with van der Waals surface area (Å²) in [5.74, 6) is 1.35. The minimum atomic E-state index is -1.24. The Bertz CT molecular complexity index is 6120. The maximum Gasteiger partial charge on any atom is 0.0859 e. The van der Waals surface area contributed by atoms with Gasteiger partial charge in [-0.25, -0.2) is 0 Å². The van der Waals surface area contributed by atoms with Crippen molar-refractivity contribution in [2.45, 2.75) is 173 Å². The van der Waals surface area contributed by atoms with Crippen LogP contribution in [0.25, 0.3) is 101 Å². The van der Waals surface area contributed by atoms with Gasteiger partial charge in [0.05, 0.1) is 40.4 Å². The molecule has 5 fully saturated rings. The van der Waals surface area contributed by atoms with E-state index in [0.717, 1.165) is 96.5 Å². The van der Waals surface area contributed by atoms with E-state index in [4.69, 9.17) is 9.97 Å². The molecule has 5 aliphatic heterocycles. The Hall–Kier alpha value is -9.49. The first-order valence-electron chi connectivity index (χ1n) is 48.8. The van der Waals surface area contributed by atoms with E-state index in [1.807, 2.05) is 200 Å². The average Bonchev–Trinajstić information content (AvgIpc) is 0.767. The zero-order valence-corrected chi connectivity index (χ0v) is 99.5. The van der Waals surface area contributed by atoms with Crippen LogP contribution in [0.2, 0.25) is 93.2 Å². The largest absolute Gasteiger partial charge is 0.305 e. The summed E-state index contributed by atoms with van der Waals surface area (Å²) < 4.78 is 0. The second kappa shape index (κ2) is 56.1. The Morgan fingerprint density at radius 3 is 0.773 bits per heavy atom. The fraction of sp³-hybridized carbons (Fsp3) is 0.236. The Labute approximate surface area is 913 Å². The molecule has 18 heteroatoms. The van der Waals surface area contributed by atoms with Crippen LogP contribution in [0, 0.1) is 67.3 Å². The molecule has 8 nitrogen and oxygen atoms in total. The molecule has 17 aromatic rings. The summed E-state index contributed by atoms with van der Waals surface area (Å²) in [5.41, 5.74) is 23.7. The van der Waals surface area contributed by atoms with E-state index < -0.39 is 40.4 Å². The van der Waals surface area contributed by atoms with Crippen LogP contribution < -0.4 is 25.9 Å². The average molecular weight is 2820 g/mol. The predicted octanol–water partition coefficient (Wildman–Crippen LogP) is 28.2. The monoisotopic (exact) mass is 2820 g/mol. The number of nitrogens with zero attached hydrogens (tertiary/aromatic N) is 8. The molecule has 5 saturated heterocycles. The van der Waals surface area contributed by atoms with Gasteiger partial charge in [0, 0.05) is 150 Å². The van der Waals surface area contributed by atoms with E-state index in [9.17, 15) is 0 Å². The number of rotatable bonds is 18. The van der Waals surface area contributed by atoms with Crippen LogP contribution in [0.4, 0.5) is 0 Å². The molecule has 8 aromatic heterocycles. The molecular formula is C123H126Ir5N8Si5-8. The summed E-state index contributed by atoms with van der Waals surface area (Å²) in [6, 6.07) is 146. The van der Waals surface area contributed by atoms with Gasteiger partial charge in [0.1, 0.15) is 0 Å². The van der Waals surface area contributed by atoms with E-state index in [-0.39, 0.29) is 101 Å². The summed E-state index contributed by atoms with van der Waals surface area (Å²) in [6.45, 7) is 24.0. The number of aromatic nitrogens is 8. The van der Waals surface area contributed by atoms with Crippen molar-refractivity contribution in [2.24, 2.45) is 11.8 Å². The summed E-state index contributed by atoms with van der Waals surface area (Å²) in [6.07, 6.45) is 25.5. The third kappa shape index (κ3) is 31.5. The van der Waals surface area contributed by atoms with Crippen molar-refractivity contribution in [3.63, 3.8) is 0 Å². The van der Waals surface area contributed by atoms with E-state index in [1.54, 1.807) is 39.7 Å². The predicted molar refractivity (Wildman–Crippen MR) is 583 cm³/mol. The molecule has 0 aliphatic carbocycles. The number of aryl methyl sites for hydroxylation is 1. The molecule has 0 bridgehead atoms. The molecule has 22 rings (SSSR count). The van der Waals surface area contributed by atoms with Crippen LogP contribution in [0.5, 0.6) is 0 Å². The van der Waals surface area contributed by atoms with Gasteiger partial charge in [0.15, 0.2) is 0 Å². The standard InChI is InChI=1S/C25H28NSi.C19H24NSi.C16H18NSi.2C15H16NSi.3C11H8N.5Ir/c1-19(2)15-23-17-24(26-18-25(23)27(3)13-8-14-27)22-12-7-11-21(16-22)20-9-5-4-6-10-20;1-15(2)12-17-13-18(16-8-5-4-6-9-16)20-14-19(17)21(3)10-7-11-21;1-13-11-15(14-7-4-3-5-8-14)17-12-16(13)18(2)9-6-10-18;2*1-17(10-5-11-17)14-8-9-15(16-12-14)13-6-3-2-4-7-13;3*1-2-6-10(7-3-1)11-8-4-5-9-12-11;;;;;/h4-7,9-11,16-19H,8,13-15H2,1-3H3;4-6,8,13-15H,7,10-12H2,1-3H3;3-5,7,11-12H,6,9-10H2,1-2H3;2*2-4,6,8-9,12H,5,10-11H2,1H3;3*1-6,8-9H;;;;;/q8*-1;;;;;. The summed E-state index contributed by atoms with van der Waals surface area (Å²) >= 11 is 0. The van der Waals surface area contributed by atoms with Crippen molar-refractivity contribution in [3.05, 3.63) is 430 Å². The van der Waals surface area contributed by atoms with Crippen molar-refractivity contribution >= 4 is 66.3 Å². The molecular weight excluding hydrogens is 2690 g/mol. The van der Waals surface area contributed by atoms with Gasteiger partial charge in [-0.2, -0.15) is 0 Å². The first kappa shape index (κ1) is 113. The molecule has 9 aromatic carbocycles. The molecule has 5 radical (unpaired) electrons. The van der Waals surface area contributed by atoms with Gasteiger partial charge in [0.2, 0.25) is 0 Å². The van der Waals surface area contributed by atoms with Crippen molar-refractivity contribution in [2.75, 3.05) is 0 Å². The molecule has 141 heavy (non-hydrogen) atoms. The van der Waals surface area contributed by atoms with E-state index >= 15 is 0 Å². The Morgan fingerprint density at radius 2 is 0.504 bits per heavy atom. The van der Waals surface area contributed by atoms with E-state index in [1.165, 1.54) is 132 Å². The topological polar surface area (TPSA) is 103 Å². The van der Waals surface area contributed by atoms with Crippen LogP contribution in [0.15, 0.2) is 365 Å². The fourth-order valence-corrected chi connectivity index (χ4v) is 34.1. The molecule has 0 spiro atoms. The zero-order chi connectivity index (χ0) is 94.4. The number of pyridine rings is 8. The normalized spacial score (nSPS) is 14.4. The van der Waals surface area contributed by atoms with Crippen LogP contribution in [0.1, 0.15) is 76.5 Å². The van der Waals surface area contributed by atoms with Crippen molar-refractivity contribution in [1.29, 1.82) is 0 Å². The van der Waals surface area contributed by atoms with Crippen LogP contribution in [0.3, 0.4) is 0 Å². The minimum absolute atomic E-state index is 0. The maximum absolute atomic E-state index is 4.90. The number of hydrogen-bond acceptors (Lipinski definition) is 8. The van der Waals surface area contributed by atoms with Gasteiger partial charge in [-0.3, -0.25) is 0 Å². The van der Waals surface area contributed by atoms with Crippen molar-refractivity contribution in [1.82, 2.24) is 39.9 Å². The van der Waals surface area contributed by atoms with Gasteiger partial charge in [-0.15, -0.1) is 287 Å². The van der Waals surface area contributed by atoms with E-state index in [0.29, 0.717) is 11.8 Å². The first-order valence-corrected chi connectivity index (χ1v) is 63.3. The first-order chi connectivity index (χ1) is 66.3. The van der Waals surface area contributed by atoms with Crippen LogP contribution in [-0.4, -0.2) is 80.2 Å². The third-order valence-electron chi connectivity index (χ3n) is 27.6. The van der Waals surface area contributed by atoms with Crippen molar-refractivity contribution in [3.8, 4) is 101 Å². The van der Waals surface area contributed by atoms with Gasteiger partial charge in [0.25, 0.3) is 0 Å². The Morgan fingerprint density at radius 1 is 0.234 bits per heavy atom. The smallest absolute Gasteiger partial charge is 0.0859 e. The summed E-state index contributed by atoms with van der Waals surface area (Å²) in [7, 11) is -5.68. The molecule has 13 heterocycles. The SMILES string of the molecule is CC(C)Cc1cc(-c2[c-]ccc(-c3ccccc3)c2)ncc1[Si]1(C)CCC1.CC(C)Cc1cc(-c2[c-]cccc2)ncc1[Si]1(C)CCC1.C[Si]1(c2ccc(-c3[c-]cccc3)nc2)CCC1.C[Si]1(c2ccc(-c3[c-]cccc3)nc2)CCC1.Cc1cc(-c2[c-]cccc2)ncc1[Si]1(C)CCC1.[Ir].[Ir].[Ir].[Ir].[Ir].[c-]1ccccc1-c1ccccn1.[c-]1ccccc1-c1ccccn1.[c-]1ccccc1-c1ccccn1. The summed E-state index contributed by atoms with van der Waals surface area (Å²) in [4.78, 5) is 36.2. The fourth-order valence-electron chi connectivity index (χ4n) is 18.5. The van der Waals surface area contributed by atoms with E-state index in [2.05, 4.69) is 292 Å². The number of benzene rings is 9. The second-order valence-corrected chi connectivity index (χ2v) is 62.3. The van der Waals surface area contributed by atoms with Gasteiger partial charge in [-0.05, 0) is 127 Å². The minimum Gasteiger partial charge on any atom is -0.305 e.